The first kappa shape index (κ1) is 15.1. The Bertz CT molecular complexity index is 417. The molecule has 0 saturated heterocycles. The predicted molar refractivity (Wildman–Crippen MR) is 83.1 cm³/mol. The van der Waals surface area contributed by atoms with Gasteiger partial charge in [0.15, 0.2) is 0 Å². The van der Waals surface area contributed by atoms with Crippen molar-refractivity contribution >= 4 is 40.6 Å². The number of hydrogen-bond acceptors (Lipinski definition) is 4. The molecule has 1 heterocycles. The number of aromatic nitrogens is 1. The third-order valence-electron chi connectivity index (χ3n) is 3.42. The molecule has 106 valence electrons. The summed E-state index contributed by atoms with van der Waals surface area (Å²) in [6, 6.07) is 0.350. The molecule has 2 rings (SSSR count). The van der Waals surface area contributed by atoms with Crippen LogP contribution < -0.4 is 5.32 Å². The number of nitrogens with zero attached hydrogens (tertiary/aromatic N) is 1. The third kappa shape index (κ3) is 4.65. The number of carbonyl (C=O) groups excluding carboxylic acids is 1. The fourth-order valence-electron chi connectivity index (χ4n) is 2.35. The number of hydrogen-bond donors (Lipinski definition) is 1. The third-order valence-corrected chi connectivity index (χ3v) is 5.73. The van der Waals surface area contributed by atoms with Crippen molar-refractivity contribution in [1.82, 2.24) is 10.3 Å². The van der Waals surface area contributed by atoms with Crippen molar-refractivity contribution in [2.75, 3.05) is 6.26 Å². The quantitative estimate of drug-likeness (QED) is 0.848. The summed E-state index contributed by atoms with van der Waals surface area (Å²) in [7, 11) is 0. The first-order valence-electron chi connectivity index (χ1n) is 6.52. The zero-order valence-corrected chi connectivity index (χ0v) is 13.4. The van der Waals surface area contributed by atoms with Crippen molar-refractivity contribution < 1.29 is 4.79 Å². The summed E-state index contributed by atoms with van der Waals surface area (Å²) in [4.78, 5) is 16.3. The SMILES string of the molecule is CSC1CCC(NC(=O)Cc2nc(CCl)cs2)CC1. The molecule has 1 aromatic rings. The summed E-state index contributed by atoms with van der Waals surface area (Å²) in [6.07, 6.45) is 7.16. The second-order valence-electron chi connectivity index (χ2n) is 4.82. The van der Waals surface area contributed by atoms with Gasteiger partial charge in [-0.3, -0.25) is 4.79 Å². The molecule has 1 saturated carbocycles. The van der Waals surface area contributed by atoms with Crippen LogP contribution in [0.4, 0.5) is 0 Å². The smallest absolute Gasteiger partial charge is 0.227 e. The number of halogens is 1. The average Bonchev–Trinajstić information content (AvgIpc) is 2.87. The molecular formula is C13H19ClN2OS2. The van der Waals surface area contributed by atoms with Crippen LogP contribution in [0.1, 0.15) is 36.4 Å². The highest BCUT2D eigenvalue weighted by Crippen LogP contribution is 2.26. The van der Waals surface area contributed by atoms with Crippen LogP contribution in [0.5, 0.6) is 0 Å². The van der Waals surface area contributed by atoms with Crippen molar-refractivity contribution in [3.63, 3.8) is 0 Å². The highest BCUT2D eigenvalue weighted by atomic mass is 35.5. The summed E-state index contributed by atoms with van der Waals surface area (Å²) in [5.41, 5.74) is 0.856. The lowest BCUT2D eigenvalue weighted by molar-refractivity contribution is -0.121. The van der Waals surface area contributed by atoms with Crippen LogP contribution in [0, 0.1) is 0 Å². The van der Waals surface area contributed by atoms with E-state index in [1.807, 2.05) is 17.1 Å². The van der Waals surface area contributed by atoms with Crippen molar-refractivity contribution in [3.8, 4) is 0 Å². The van der Waals surface area contributed by atoms with Gasteiger partial charge in [0.1, 0.15) is 5.01 Å². The first-order chi connectivity index (χ1) is 9.21. The average molecular weight is 319 g/mol. The lowest BCUT2D eigenvalue weighted by Crippen LogP contribution is -2.38. The fraction of sp³-hybridized carbons (Fsp3) is 0.692. The van der Waals surface area contributed by atoms with Gasteiger partial charge in [-0.25, -0.2) is 4.98 Å². The Morgan fingerprint density at radius 1 is 1.53 bits per heavy atom. The van der Waals surface area contributed by atoms with Gasteiger partial charge in [0.25, 0.3) is 0 Å². The minimum absolute atomic E-state index is 0.0862. The molecule has 19 heavy (non-hydrogen) atoms. The van der Waals surface area contributed by atoms with E-state index in [9.17, 15) is 4.79 Å². The van der Waals surface area contributed by atoms with E-state index in [-0.39, 0.29) is 5.91 Å². The van der Waals surface area contributed by atoms with Gasteiger partial charge < -0.3 is 5.32 Å². The van der Waals surface area contributed by atoms with Gasteiger partial charge in [-0.2, -0.15) is 11.8 Å². The van der Waals surface area contributed by atoms with Crippen molar-refractivity contribution in [1.29, 1.82) is 0 Å². The van der Waals surface area contributed by atoms with E-state index in [2.05, 4.69) is 16.6 Å². The van der Waals surface area contributed by atoms with E-state index >= 15 is 0 Å². The minimum Gasteiger partial charge on any atom is -0.353 e. The van der Waals surface area contributed by atoms with Crippen LogP contribution in [-0.2, 0) is 17.1 Å². The molecule has 0 unspecified atom stereocenters. The first-order valence-corrected chi connectivity index (χ1v) is 9.23. The standard InChI is InChI=1S/C13H19ClN2OS2/c1-18-11-4-2-9(3-5-11)15-12(17)6-13-16-10(7-14)8-19-13/h8-9,11H,2-7H2,1H3,(H,15,17). The van der Waals surface area contributed by atoms with Gasteiger partial charge in [0.2, 0.25) is 5.91 Å². The van der Waals surface area contributed by atoms with Gasteiger partial charge in [-0.15, -0.1) is 22.9 Å². The van der Waals surface area contributed by atoms with Crippen LogP contribution in [0.15, 0.2) is 5.38 Å². The second kappa shape index (κ2) is 7.50. The summed E-state index contributed by atoms with van der Waals surface area (Å²) in [5, 5.41) is 6.67. The Morgan fingerprint density at radius 3 is 2.84 bits per heavy atom. The monoisotopic (exact) mass is 318 g/mol. The molecule has 0 aliphatic heterocycles. The maximum Gasteiger partial charge on any atom is 0.227 e. The van der Waals surface area contributed by atoms with Crippen molar-refractivity contribution in [3.05, 3.63) is 16.1 Å². The van der Waals surface area contributed by atoms with E-state index in [0.29, 0.717) is 18.3 Å². The molecule has 0 aromatic carbocycles. The van der Waals surface area contributed by atoms with E-state index in [0.717, 1.165) is 28.8 Å². The highest BCUT2D eigenvalue weighted by molar-refractivity contribution is 7.99. The molecule has 1 aliphatic carbocycles. The predicted octanol–water partition coefficient (Wildman–Crippen LogP) is 3.21. The molecular weight excluding hydrogens is 300 g/mol. The molecule has 1 aromatic heterocycles. The number of carbonyl (C=O) groups is 1. The number of thioether (sulfide) groups is 1. The van der Waals surface area contributed by atoms with Crippen LogP contribution in [0.3, 0.4) is 0 Å². The Kier molecular flexibility index (Phi) is 5.98. The van der Waals surface area contributed by atoms with Crippen LogP contribution in [0.2, 0.25) is 0 Å². The topological polar surface area (TPSA) is 42.0 Å². The van der Waals surface area contributed by atoms with Crippen LogP contribution in [-0.4, -0.2) is 28.4 Å². The Morgan fingerprint density at radius 2 is 2.26 bits per heavy atom. The van der Waals surface area contributed by atoms with E-state index in [1.54, 1.807) is 0 Å². The second-order valence-corrected chi connectivity index (χ2v) is 7.17. The molecule has 1 aliphatic rings. The zero-order valence-electron chi connectivity index (χ0n) is 11.0. The molecule has 0 radical (unpaired) electrons. The summed E-state index contributed by atoms with van der Waals surface area (Å²) >= 11 is 9.15. The zero-order chi connectivity index (χ0) is 13.7. The number of alkyl halides is 1. The molecule has 1 amide bonds. The number of rotatable bonds is 5. The van der Waals surface area contributed by atoms with E-state index in [4.69, 9.17) is 11.6 Å². The van der Waals surface area contributed by atoms with Gasteiger partial charge in [-0.1, -0.05) is 0 Å². The summed E-state index contributed by atoms with van der Waals surface area (Å²) in [6.45, 7) is 0. The molecule has 1 N–H and O–H groups in total. The summed E-state index contributed by atoms with van der Waals surface area (Å²) < 4.78 is 0. The molecule has 3 nitrogen and oxygen atoms in total. The Hall–Kier alpha value is -0.260. The van der Waals surface area contributed by atoms with Crippen molar-refractivity contribution in [2.24, 2.45) is 0 Å². The van der Waals surface area contributed by atoms with Gasteiger partial charge >= 0.3 is 0 Å². The van der Waals surface area contributed by atoms with Crippen LogP contribution in [0.25, 0.3) is 0 Å². The Balaban J connectivity index is 1.75. The van der Waals surface area contributed by atoms with Gasteiger partial charge in [-0.05, 0) is 31.9 Å². The fourth-order valence-corrected chi connectivity index (χ4v) is 4.11. The highest BCUT2D eigenvalue weighted by Gasteiger charge is 2.21. The lowest BCUT2D eigenvalue weighted by Gasteiger charge is -2.27. The molecule has 1 fully saturated rings. The van der Waals surface area contributed by atoms with E-state index in [1.165, 1.54) is 24.2 Å². The minimum atomic E-state index is 0.0862. The normalized spacial score (nSPS) is 23.3. The molecule has 0 spiro atoms. The number of thiazole rings is 1. The van der Waals surface area contributed by atoms with Crippen LogP contribution >= 0.6 is 34.7 Å². The summed E-state index contributed by atoms with van der Waals surface area (Å²) in [5.74, 6) is 0.500. The molecule has 0 bridgehead atoms. The maximum absolute atomic E-state index is 11.9. The lowest BCUT2D eigenvalue weighted by atomic mass is 9.95. The van der Waals surface area contributed by atoms with E-state index < -0.39 is 0 Å². The number of nitrogens with one attached hydrogen (secondary N) is 1. The number of amides is 1. The maximum atomic E-state index is 11.9. The van der Waals surface area contributed by atoms with Gasteiger partial charge in [0, 0.05) is 16.7 Å². The van der Waals surface area contributed by atoms with Gasteiger partial charge in [0.05, 0.1) is 18.0 Å². The molecule has 0 atom stereocenters. The van der Waals surface area contributed by atoms with Crippen molar-refractivity contribution in [2.45, 2.75) is 49.3 Å². The largest absolute Gasteiger partial charge is 0.353 e. The molecule has 6 heteroatoms. The Labute approximate surface area is 127 Å².